The van der Waals surface area contributed by atoms with Crippen molar-refractivity contribution in [3.05, 3.63) is 34.6 Å². The number of alkyl halides is 2. The van der Waals surface area contributed by atoms with Crippen molar-refractivity contribution in [2.45, 2.75) is 6.43 Å². The Balaban J connectivity index is 2.43. The van der Waals surface area contributed by atoms with Crippen molar-refractivity contribution >= 4 is 0 Å². The molecular formula is C9H7F2N3O2. The number of hydrogen-bond acceptors (Lipinski definition) is 4. The smallest absolute Gasteiger partial charge is 0.314 e. The lowest BCUT2D eigenvalue weighted by molar-refractivity contribution is 0.116. The van der Waals surface area contributed by atoms with Crippen LogP contribution in [0.2, 0.25) is 0 Å². The molecule has 0 radical (unpaired) electrons. The van der Waals surface area contributed by atoms with E-state index in [0.717, 1.165) is 0 Å². The Morgan fingerprint density at radius 1 is 1.44 bits per heavy atom. The summed E-state index contributed by atoms with van der Waals surface area (Å²) in [7, 11) is 1.57. The maximum atomic E-state index is 12.2. The van der Waals surface area contributed by atoms with E-state index in [-0.39, 0.29) is 11.4 Å². The van der Waals surface area contributed by atoms with Gasteiger partial charge in [0.1, 0.15) is 0 Å². The van der Waals surface area contributed by atoms with Gasteiger partial charge in [-0.3, -0.25) is 4.79 Å². The van der Waals surface area contributed by atoms with Crippen molar-refractivity contribution in [3.8, 4) is 11.5 Å². The van der Waals surface area contributed by atoms with Crippen LogP contribution in [0.25, 0.3) is 11.5 Å². The number of rotatable bonds is 2. The molecule has 0 saturated heterocycles. The van der Waals surface area contributed by atoms with Gasteiger partial charge in [0, 0.05) is 24.9 Å². The minimum atomic E-state index is -2.81. The number of hydrogen-bond donors (Lipinski definition) is 0. The molecule has 0 fully saturated rings. The van der Waals surface area contributed by atoms with Gasteiger partial charge in [-0.25, -0.2) is 0 Å². The van der Waals surface area contributed by atoms with Crippen LogP contribution in [0.15, 0.2) is 27.5 Å². The second kappa shape index (κ2) is 3.84. The third kappa shape index (κ3) is 1.83. The average Bonchev–Trinajstić information content (AvgIpc) is 2.71. The molecule has 0 N–H and O–H groups in total. The highest BCUT2D eigenvalue weighted by Crippen LogP contribution is 2.21. The van der Waals surface area contributed by atoms with Crippen molar-refractivity contribution in [1.29, 1.82) is 0 Å². The zero-order chi connectivity index (χ0) is 11.7. The van der Waals surface area contributed by atoms with Crippen LogP contribution in [0.4, 0.5) is 8.78 Å². The van der Waals surface area contributed by atoms with Gasteiger partial charge in [0.05, 0.1) is 0 Å². The maximum Gasteiger partial charge on any atom is 0.314 e. The number of aromatic nitrogens is 3. The van der Waals surface area contributed by atoms with Crippen LogP contribution in [0, 0.1) is 0 Å². The van der Waals surface area contributed by atoms with Crippen LogP contribution in [0.1, 0.15) is 12.3 Å². The third-order valence-corrected chi connectivity index (χ3v) is 1.98. The van der Waals surface area contributed by atoms with Crippen molar-refractivity contribution in [2.75, 3.05) is 0 Å². The predicted octanol–water partition coefficient (Wildman–Crippen LogP) is 1.37. The van der Waals surface area contributed by atoms with E-state index in [9.17, 15) is 13.6 Å². The van der Waals surface area contributed by atoms with Gasteiger partial charge >= 0.3 is 6.43 Å². The fourth-order valence-electron chi connectivity index (χ4n) is 1.12. The van der Waals surface area contributed by atoms with Gasteiger partial charge in [-0.2, -0.15) is 8.78 Å². The summed E-state index contributed by atoms with van der Waals surface area (Å²) in [4.78, 5) is 11.3. The molecule has 2 aromatic heterocycles. The maximum absolute atomic E-state index is 12.2. The first-order valence-electron chi connectivity index (χ1n) is 4.36. The normalized spacial score (nSPS) is 11.0. The van der Waals surface area contributed by atoms with Crippen molar-refractivity contribution in [1.82, 2.24) is 14.8 Å². The van der Waals surface area contributed by atoms with Gasteiger partial charge in [-0.05, 0) is 6.07 Å². The molecule has 16 heavy (non-hydrogen) atoms. The lowest BCUT2D eigenvalue weighted by atomic mass is 10.3. The monoisotopic (exact) mass is 227 g/mol. The first kappa shape index (κ1) is 10.5. The largest absolute Gasteiger partial charge is 0.415 e. The van der Waals surface area contributed by atoms with Gasteiger partial charge in [0.2, 0.25) is 5.89 Å². The molecule has 2 heterocycles. The van der Waals surface area contributed by atoms with Crippen LogP contribution in [-0.2, 0) is 7.05 Å². The van der Waals surface area contributed by atoms with Gasteiger partial charge in [0.25, 0.3) is 11.4 Å². The van der Waals surface area contributed by atoms with Crippen molar-refractivity contribution in [3.63, 3.8) is 0 Å². The Bertz CT molecular complexity index is 562. The second-order valence-corrected chi connectivity index (χ2v) is 3.11. The van der Waals surface area contributed by atoms with Crippen molar-refractivity contribution < 1.29 is 13.2 Å². The SMILES string of the molecule is Cn1ccc(-c2nnc(C(F)F)o2)cc1=O. The van der Waals surface area contributed by atoms with Gasteiger partial charge in [0.15, 0.2) is 0 Å². The summed E-state index contributed by atoms with van der Waals surface area (Å²) in [6.07, 6.45) is -1.32. The van der Waals surface area contributed by atoms with E-state index in [1.54, 1.807) is 7.05 Å². The summed E-state index contributed by atoms with van der Waals surface area (Å²) in [6, 6.07) is 2.77. The molecule has 0 atom stereocenters. The molecule has 0 saturated carbocycles. The molecule has 2 aromatic rings. The molecule has 0 spiro atoms. The summed E-state index contributed by atoms with van der Waals surface area (Å²) in [5, 5.41) is 6.60. The standard InChI is InChI=1S/C9H7F2N3O2/c1-14-3-2-5(4-6(14)15)8-12-13-9(16-8)7(10)11/h2-4,7H,1H3. The number of aryl methyl sites for hydroxylation is 1. The minimum Gasteiger partial charge on any atom is -0.415 e. The zero-order valence-corrected chi connectivity index (χ0v) is 8.22. The molecule has 0 aliphatic carbocycles. The van der Waals surface area contributed by atoms with Gasteiger partial charge < -0.3 is 8.98 Å². The Labute approximate surface area is 88.3 Å². The van der Waals surface area contributed by atoms with Crippen LogP contribution in [-0.4, -0.2) is 14.8 Å². The molecule has 0 unspecified atom stereocenters. The molecule has 7 heteroatoms. The van der Waals surface area contributed by atoms with E-state index in [1.807, 2.05) is 0 Å². The van der Waals surface area contributed by atoms with Gasteiger partial charge in [-0.15, -0.1) is 10.2 Å². The molecule has 0 amide bonds. The molecular weight excluding hydrogens is 220 g/mol. The summed E-state index contributed by atoms with van der Waals surface area (Å²) in [5.74, 6) is -0.844. The predicted molar refractivity (Wildman–Crippen MR) is 49.9 cm³/mol. The summed E-state index contributed by atoms with van der Waals surface area (Å²) in [6.45, 7) is 0. The molecule has 0 bridgehead atoms. The minimum absolute atomic E-state index is 0.0898. The molecule has 0 aliphatic rings. The second-order valence-electron chi connectivity index (χ2n) is 3.11. The summed E-state index contributed by atoms with van der Waals surface area (Å²) < 4.78 is 30.4. The quantitative estimate of drug-likeness (QED) is 0.777. The Morgan fingerprint density at radius 2 is 2.19 bits per heavy atom. The lowest BCUT2D eigenvalue weighted by Gasteiger charge is -1.97. The van der Waals surface area contributed by atoms with E-state index in [4.69, 9.17) is 4.42 Å². The first-order chi connectivity index (χ1) is 7.58. The zero-order valence-electron chi connectivity index (χ0n) is 8.22. The molecule has 5 nitrogen and oxygen atoms in total. The summed E-state index contributed by atoms with van der Waals surface area (Å²) >= 11 is 0. The Hall–Kier alpha value is -2.05. The number of nitrogens with zero attached hydrogens (tertiary/aromatic N) is 3. The number of halogens is 2. The molecule has 84 valence electrons. The number of pyridine rings is 1. The Kier molecular flexibility index (Phi) is 2.51. The molecule has 2 rings (SSSR count). The van der Waals surface area contributed by atoms with Crippen LogP contribution in [0.3, 0.4) is 0 Å². The Morgan fingerprint density at radius 3 is 2.75 bits per heavy atom. The van der Waals surface area contributed by atoms with E-state index in [0.29, 0.717) is 5.56 Å². The average molecular weight is 227 g/mol. The highest BCUT2D eigenvalue weighted by molar-refractivity contribution is 5.50. The fourth-order valence-corrected chi connectivity index (χ4v) is 1.12. The van der Waals surface area contributed by atoms with Crippen LogP contribution < -0.4 is 5.56 Å². The van der Waals surface area contributed by atoms with Crippen LogP contribution in [0.5, 0.6) is 0 Å². The van der Waals surface area contributed by atoms with Crippen molar-refractivity contribution in [2.24, 2.45) is 7.05 Å². The fraction of sp³-hybridized carbons (Fsp3) is 0.222. The van der Waals surface area contributed by atoms with E-state index in [1.165, 1.54) is 22.9 Å². The van der Waals surface area contributed by atoms with Gasteiger partial charge in [-0.1, -0.05) is 0 Å². The summed E-state index contributed by atoms with van der Waals surface area (Å²) in [5.41, 5.74) is 0.0387. The lowest BCUT2D eigenvalue weighted by Crippen LogP contribution is -2.14. The topological polar surface area (TPSA) is 60.9 Å². The van der Waals surface area contributed by atoms with E-state index >= 15 is 0 Å². The third-order valence-electron chi connectivity index (χ3n) is 1.98. The van der Waals surface area contributed by atoms with E-state index in [2.05, 4.69) is 10.2 Å². The molecule has 0 aliphatic heterocycles. The first-order valence-corrected chi connectivity index (χ1v) is 4.36. The molecule has 0 aromatic carbocycles. The van der Waals surface area contributed by atoms with E-state index < -0.39 is 12.3 Å². The highest BCUT2D eigenvalue weighted by atomic mass is 19.3. The van der Waals surface area contributed by atoms with Crippen LogP contribution >= 0.6 is 0 Å². The highest BCUT2D eigenvalue weighted by Gasteiger charge is 2.17.